The number of methoxy groups -OCH3 is 1. The Morgan fingerprint density at radius 2 is 2.23 bits per heavy atom. The van der Waals surface area contributed by atoms with Crippen LogP contribution in [0.25, 0.3) is 0 Å². The Balaban J connectivity index is 3.30. The van der Waals surface area contributed by atoms with E-state index in [4.69, 9.17) is 10.5 Å². The van der Waals surface area contributed by atoms with Crippen molar-refractivity contribution in [3.05, 3.63) is 15.3 Å². The largest absolute Gasteiger partial charge is 0.494 e. The van der Waals surface area contributed by atoms with Gasteiger partial charge in [-0.15, -0.1) is 0 Å². The molecule has 1 aromatic rings. The number of nitrogens with zero attached hydrogens (tertiary/aromatic N) is 1. The molecule has 1 rings (SSSR count). The summed E-state index contributed by atoms with van der Waals surface area (Å²) in [5.74, 6) is 0.158. The van der Waals surface area contributed by atoms with Gasteiger partial charge in [-0.05, 0) is 22.6 Å². The Morgan fingerprint density at radius 1 is 1.62 bits per heavy atom. The first-order valence-electron chi connectivity index (χ1n) is 3.34. The first-order chi connectivity index (χ1) is 6.07. The van der Waals surface area contributed by atoms with Crippen molar-refractivity contribution < 1.29 is 13.5 Å². The van der Waals surface area contributed by atoms with Crippen LogP contribution in [0.2, 0.25) is 0 Å². The predicted molar refractivity (Wildman–Crippen MR) is 52.9 cm³/mol. The highest BCUT2D eigenvalue weighted by Crippen LogP contribution is 2.33. The second kappa shape index (κ2) is 4.03. The van der Waals surface area contributed by atoms with E-state index in [0.29, 0.717) is 9.32 Å². The highest BCUT2D eigenvalue weighted by atomic mass is 127. The van der Waals surface area contributed by atoms with Crippen LogP contribution in [0.5, 0.6) is 5.75 Å². The fourth-order valence-corrected chi connectivity index (χ4v) is 1.72. The summed E-state index contributed by atoms with van der Waals surface area (Å²) in [7, 11) is 1.39. The zero-order valence-corrected chi connectivity index (χ0v) is 8.88. The van der Waals surface area contributed by atoms with E-state index in [1.807, 2.05) is 0 Å². The maximum Gasteiger partial charge on any atom is 0.268 e. The average molecular weight is 300 g/mol. The third-order valence-electron chi connectivity index (χ3n) is 1.49. The van der Waals surface area contributed by atoms with Gasteiger partial charge in [0.2, 0.25) is 0 Å². The summed E-state index contributed by atoms with van der Waals surface area (Å²) in [4.78, 5) is 3.60. The van der Waals surface area contributed by atoms with Crippen molar-refractivity contribution in [1.82, 2.24) is 4.98 Å². The third-order valence-corrected chi connectivity index (χ3v) is 2.60. The van der Waals surface area contributed by atoms with Gasteiger partial charge in [-0.2, -0.15) is 0 Å². The van der Waals surface area contributed by atoms with Crippen LogP contribution in [-0.2, 0) is 0 Å². The Bertz CT molecular complexity index is 320. The molecule has 0 aliphatic carbocycles. The predicted octanol–water partition coefficient (Wildman–Crippen LogP) is 2.21. The summed E-state index contributed by atoms with van der Waals surface area (Å²) in [6.07, 6.45) is -1.31. The van der Waals surface area contributed by atoms with Crippen LogP contribution in [0.4, 0.5) is 14.6 Å². The highest BCUT2D eigenvalue weighted by molar-refractivity contribution is 14.1. The number of nitrogens with two attached hydrogens (primary N) is 1. The van der Waals surface area contributed by atoms with Gasteiger partial charge in [0.05, 0.1) is 22.4 Å². The molecule has 0 radical (unpaired) electrons. The molecular formula is C7H7F2IN2O. The fourth-order valence-electron chi connectivity index (χ4n) is 0.849. The van der Waals surface area contributed by atoms with Crippen molar-refractivity contribution in [3.8, 4) is 5.75 Å². The fraction of sp³-hybridized carbons (Fsp3) is 0.286. The molecule has 1 aromatic heterocycles. The van der Waals surface area contributed by atoms with Crippen molar-refractivity contribution in [3.63, 3.8) is 0 Å². The molecule has 0 bridgehead atoms. The molecule has 1 heterocycles. The number of hydrogen-bond donors (Lipinski definition) is 1. The SMILES string of the molecule is COc1cnc(N)c(C(F)F)c1I. The number of alkyl halides is 2. The summed E-state index contributed by atoms with van der Waals surface area (Å²) in [5.41, 5.74) is 5.03. The van der Waals surface area contributed by atoms with Crippen LogP contribution < -0.4 is 10.5 Å². The molecule has 0 fully saturated rings. The molecule has 6 heteroatoms. The number of aromatic nitrogens is 1. The van der Waals surface area contributed by atoms with Crippen molar-refractivity contribution in [2.24, 2.45) is 0 Å². The van der Waals surface area contributed by atoms with Crippen LogP contribution in [0.3, 0.4) is 0 Å². The minimum Gasteiger partial charge on any atom is -0.494 e. The lowest BCUT2D eigenvalue weighted by Gasteiger charge is -2.09. The lowest BCUT2D eigenvalue weighted by molar-refractivity contribution is 0.150. The standard InChI is InChI=1S/C7H7F2IN2O/c1-13-3-2-12-7(11)4(5(3)10)6(8)9/h2,6H,1H3,(H2,11,12). The Kier molecular flexibility index (Phi) is 3.23. The summed E-state index contributed by atoms with van der Waals surface area (Å²) < 4.78 is 30.0. The lowest BCUT2D eigenvalue weighted by atomic mass is 10.2. The number of hydrogen-bond acceptors (Lipinski definition) is 3. The zero-order valence-electron chi connectivity index (χ0n) is 6.72. The van der Waals surface area contributed by atoms with Gasteiger partial charge in [0.25, 0.3) is 6.43 Å². The normalized spacial score (nSPS) is 10.5. The highest BCUT2D eigenvalue weighted by Gasteiger charge is 2.19. The van der Waals surface area contributed by atoms with Crippen LogP contribution in [0.1, 0.15) is 12.0 Å². The van der Waals surface area contributed by atoms with E-state index in [0.717, 1.165) is 0 Å². The summed E-state index contributed by atoms with van der Waals surface area (Å²) >= 11 is 1.76. The minimum atomic E-state index is -2.63. The number of rotatable bonds is 2. The molecule has 0 aliphatic rings. The number of pyridine rings is 1. The average Bonchev–Trinajstić information content (AvgIpc) is 2.04. The molecule has 0 spiro atoms. The molecule has 0 saturated carbocycles. The van der Waals surface area contributed by atoms with Gasteiger partial charge in [-0.1, -0.05) is 0 Å². The minimum absolute atomic E-state index is 0.153. The molecule has 13 heavy (non-hydrogen) atoms. The summed E-state index contributed by atoms with van der Waals surface area (Å²) in [6.45, 7) is 0. The van der Waals surface area contributed by atoms with Gasteiger partial charge in [-0.3, -0.25) is 0 Å². The molecule has 0 aromatic carbocycles. The van der Waals surface area contributed by atoms with Crippen molar-refractivity contribution in [1.29, 1.82) is 0 Å². The van der Waals surface area contributed by atoms with E-state index in [9.17, 15) is 8.78 Å². The van der Waals surface area contributed by atoms with Gasteiger partial charge in [-0.25, -0.2) is 13.8 Å². The zero-order chi connectivity index (χ0) is 10.0. The second-order valence-corrected chi connectivity index (χ2v) is 3.32. The van der Waals surface area contributed by atoms with E-state index < -0.39 is 6.43 Å². The number of halogens is 3. The Hall–Kier alpha value is -0.660. The molecule has 2 N–H and O–H groups in total. The van der Waals surface area contributed by atoms with Crippen LogP contribution in [0, 0.1) is 3.57 Å². The molecule has 0 unspecified atom stereocenters. The molecule has 0 amide bonds. The van der Waals surface area contributed by atoms with Gasteiger partial charge < -0.3 is 10.5 Å². The van der Waals surface area contributed by atoms with E-state index in [2.05, 4.69) is 4.98 Å². The van der Waals surface area contributed by atoms with Crippen LogP contribution in [0.15, 0.2) is 6.20 Å². The smallest absolute Gasteiger partial charge is 0.268 e. The number of anilines is 1. The lowest BCUT2D eigenvalue weighted by Crippen LogP contribution is -2.02. The number of nitrogen functional groups attached to an aromatic ring is 1. The first-order valence-corrected chi connectivity index (χ1v) is 4.41. The van der Waals surface area contributed by atoms with Crippen molar-refractivity contribution >= 4 is 28.4 Å². The van der Waals surface area contributed by atoms with Crippen molar-refractivity contribution in [2.75, 3.05) is 12.8 Å². The summed E-state index contributed by atoms with van der Waals surface area (Å²) in [6, 6.07) is 0. The van der Waals surface area contributed by atoms with E-state index in [-0.39, 0.29) is 11.4 Å². The third kappa shape index (κ3) is 1.98. The second-order valence-electron chi connectivity index (χ2n) is 2.24. The maximum atomic E-state index is 12.4. The molecule has 3 nitrogen and oxygen atoms in total. The monoisotopic (exact) mass is 300 g/mol. The quantitative estimate of drug-likeness (QED) is 0.852. The maximum absolute atomic E-state index is 12.4. The van der Waals surface area contributed by atoms with E-state index in [1.54, 1.807) is 22.6 Å². The van der Waals surface area contributed by atoms with Gasteiger partial charge >= 0.3 is 0 Å². The van der Waals surface area contributed by atoms with Gasteiger partial charge in [0, 0.05) is 0 Å². The van der Waals surface area contributed by atoms with Crippen LogP contribution >= 0.6 is 22.6 Å². The van der Waals surface area contributed by atoms with Crippen molar-refractivity contribution in [2.45, 2.75) is 6.43 Å². The molecular weight excluding hydrogens is 293 g/mol. The van der Waals surface area contributed by atoms with E-state index >= 15 is 0 Å². The molecule has 72 valence electrons. The van der Waals surface area contributed by atoms with E-state index in [1.165, 1.54) is 13.3 Å². The van der Waals surface area contributed by atoms with Gasteiger partial charge in [0.15, 0.2) is 5.75 Å². The van der Waals surface area contributed by atoms with Gasteiger partial charge in [0.1, 0.15) is 5.82 Å². The first kappa shape index (κ1) is 10.4. The molecule has 0 aliphatic heterocycles. The Labute approximate surface area is 87.4 Å². The van der Waals surface area contributed by atoms with Crippen LogP contribution in [-0.4, -0.2) is 12.1 Å². The number of ether oxygens (including phenoxy) is 1. The Morgan fingerprint density at radius 3 is 2.69 bits per heavy atom. The molecule has 0 saturated heterocycles. The summed E-state index contributed by atoms with van der Waals surface area (Å²) in [5, 5.41) is 0. The molecule has 0 atom stereocenters. The topological polar surface area (TPSA) is 48.1 Å².